The van der Waals surface area contributed by atoms with Gasteiger partial charge in [0, 0.05) is 5.69 Å². The molecular weight excluding hydrogens is 250 g/mol. The summed E-state index contributed by atoms with van der Waals surface area (Å²) >= 11 is 0. The first kappa shape index (κ1) is 12.2. The van der Waals surface area contributed by atoms with Gasteiger partial charge in [0.25, 0.3) is 5.91 Å². The SMILES string of the molecule is C=C1C(=O)N(c2ccccc2)C(=N)N1c1ccccc1. The molecule has 0 aromatic heterocycles. The fourth-order valence-electron chi connectivity index (χ4n) is 2.22. The van der Waals surface area contributed by atoms with Crippen molar-refractivity contribution in [3.63, 3.8) is 0 Å². The number of carbonyl (C=O) groups excluding carboxylic acids is 1. The number of rotatable bonds is 2. The van der Waals surface area contributed by atoms with Gasteiger partial charge in [0.15, 0.2) is 0 Å². The van der Waals surface area contributed by atoms with Gasteiger partial charge in [-0.1, -0.05) is 43.0 Å². The molecule has 0 saturated carbocycles. The van der Waals surface area contributed by atoms with Crippen molar-refractivity contribution in [3.05, 3.63) is 72.9 Å². The fourth-order valence-corrected chi connectivity index (χ4v) is 2.22. The van der Waals surface area contributed by atoms with E-state index >= 15 is 0 Å². The van der Waals surface area contributed by atoms with E-state index < -0.39 is 0 Å². The Kier molecular flexibility index (Phi) is 2.84. The normalized spacial score (nSPS) is 15.1. The third-order valence-corrected chi connectivity index (χ3v) is 3.17. The van der Waals surface area contributed by atoms with Gasteiger partial charge in [0.1, 0.15) is 5.70 Å². The van der Waals surface area contributed by atoms with Crippen molar-refractivity contribution in [2.75, 3.05) is 9.80 Å². The Morgan fingerprint density at radius 3 is 1.75 bits per heavy atom. The van der Waals surface area contributed by atoms with Crippen molar-refractivity contribution in [1.29, 1.82) is 5.41 Å². The van der Waals surface area contributed by atoms with Gasteiger partial charge in [-0.2, -0.15) is 0 Å². The Morgan fingerprint density at radius 1 is 0.800 bits per heavy atom. The van der Waals surface area contributed by atoms with Crippen molar-refractivity contribution in [1.82, 2.24) is 0 Å². The van der Waals surface area contributed by atoms with Crippen molar-refractivity contribution < 1.29 is 4.79 Å². The summed E-state index contributed by atoms with van der Waals surface area (Å²) in [6.45, 7) is 3.81. The number of carbonyl (C=O) groups is 1. The highest BCUT2D eigenvalue weighted by Crippen LogP contribution is 2.30. The molecule has 0 unspecified atom stereocenters. The van der Waals surface area contributed by atoms with Crippen LogP contribution in [-0.4, -0.2) is 11.9 Å². The predicted octanol–water partition coefficient (Wildman–Crippen LogP) is 2.99. The van der Waals surface area contributed by atoms with Crippen LogP contribution in [0.15, 0.2) is 72.9 Å². The number of nitrogens with one attached hydrogen (secondary N) is 1. The second-order valence-electron chi connectivity index (χ2n) is 4.42. The molecule has 20 heavy (non-hydrogen) atoms. The highest BCUT2D eigenvalue weighted by atomic mass is 16.2. The molecule has 0 aliphatic carbocycles. The highest BCUT2D eigenvalue weighted by molar-refractivity contribution is 6.34. The van der Waals surface area contributed by atoms with Gasteiger partial charge in [-0.25, -0.2) is 4.90 Å². The van der Waals surface area contributed by atoms with E-state index in [9.17, 15) is 4.79 Å². The Bertz CT molecular complexity index is 620. The number of amides is 1. The van der Waals surface area contributed by atoms with Crippen molar-refractivity contribution >= 4 is 23.2 Å². The molecule has 1 heterocycles. The molecule has 0 spiro atoms. The minimum Gasteiger partial charge on any atom is -0.276 e. The largest absolute Gasteiger partial charge is 0.281 e. The Balaban J connectivity index is 2.03. The molecule has 0 radical (unpaired) electrons. The van der Waals surface area contributed by atoms with Gasteiger partial charge in [0.2, 0.25) is 5.96 Å². The topological polar surface area (TPSA) is 47.4 Å². The molecule has 1 amide bonds. The van der Waals surface area contributed by atoms with Crippen LogP contribution in [0.2, 0.25) is 0 Å². The van der Waals surface area contributed by atoms with Gasteiger partial charge in [-0.05, 0) is 24.3 Å². The minimum atomic E-state index is -0.273. The monoisotopic (exact) mass is 263 g/mol. The van der Waals surface area contributed by atoms with E-state index in [1.54, 1.807) is 17.0 Å². The van der Waals surface area contributed by atoms with E-state index in [1.807, 2.05) is 48.5 Å². The van der Waals surface area contributed by atoms with Gasteiger partial charge in [-0.15, -0.1) is 0 Å². The van der Waals surface area contributed by atoms with Gasteiger partial charge in [0.05, 0.1) is 5.69 Å². The van der Waals surface area contributed by atoms with Crippen LogP contribution >= 0.6 is 0 Å². The molecule has 1 aliphatic heterocycles. The average molecular weight is 263 g/mol. The molecule has 1 N–H and O–H groups in total. The fraction of sp³-hybridized carbons (Fsp3) is 0. The first-order chi connectivity index (χ1) is 9.70. The standard InChI is InChI=1S/C16H13N3O/c1-12-15(20)19(14-10-6-3-7-11-14)16(17)18(12)13-8-4-2-5-9-13/h2-11,17H,1H2. The molecule has 1 aliphatic rings. The lowest BCUT2D eigenvalue weighted by atomic mass is 10.3. The summed E-state index contributed by atoms with van der Waals surface area (Å²) in [6.07, 6.45) is 0. The van der Waals surface area contributed by atoms with E-state index in [2.05, 4.69) is 6.58 Å². The van der Waals surface area contributed by atoms with Crippen LogP contribution in [0.5, 0.6) is 0 Å². The number of para-hydroxylation sites is 2. The molecule has 98 valence electrons. The molecule has 2 aromatic rings. The van der Waals surface area contributed by atoms with Crippen LogP contribution in [0.4, 0.5) is 11.4 Å². The van der Waals surface area contributed by atoms with Crippen LogP contribution in [0, 0.1) is 5.41 Å². The quantitative estimate of drug-likeness (QED) is 0.847. The van der Waals surface area contributed by atoms with E-state index in [4.69, 9.17) is 5.41 Å². The van der Waals surface area contributed by atoms with E-state index in [-0.39, 0.29) is 17.6 Å². The van der Waals surface area contributed by atoms with Crippen molar-refractivity contribution in [2.45, 2.75) is 0 Å². The van der Waals surface area contributed by atoms with E-state index in [0.29, 0.717) is 5.69 Å². The summed E-state index contributed by atoms with van der Waals surface area (Å²) in [5, 5.41) is 8.27. The number of nitrogens with zero attached hydrogens (tertiary/aromatic N) is 2. The highest BCUT2D eigenvalue weighted by Gasteiger charge is 2.38. The maximum Gasteiger partial charge on any atom is 0.281 e. The first-order valence-corrected chi connectivity index (χ1v) is 6.22. The van der Waals surface area contributed by atoms with Crippen LogP contribution < -0.4 is 9.80 Å². The van der Waals surface area contributed by atoms with Crippen LogP contribution in [0.25, 0.3) is 0 Å². The second-order valence-corrected chi connectivity index (χ2v) is 4.42. The number of anilines is 2. The number of benzene rings is 2. The summed E-state index contributed by atoms with van der Waals surface area (Å²) in [6, 6.07) is 18.5. The zero-order valence-electron chi connectivity index (χ0n) is 10.8. The van der Waals surface area contributed by atoms with Crippen LogP contribution in [0.1, 0.15) is 0 Å². The maximum atomic E-state index is 12.3. The number of guanidine groups is 1. The molecule has 3 rings (SSSR count). The van der Waals surface area contributed by atoms with Gasteiger partial charge < -0.3 is 0 Å². The number of hydrogen-bond acceptors (Lipinski definition) is 2. The molecule has 0 atom stereocenters. The summed E-state index contributed by atoms with van der Waals surface area (Å²) in [7, 11) is 0. The smallest absolute Gasteiger partial charge is 0.276 e. The van der Waals surface area contributed by atoms with E-state index in [1.165, 1.54) is 4.90 Å². The van der Waals surface area contributed by atoms with Crippen molar-refractivity contribution in [2.24, 2.45) is 0 Å². The van der Waals surface area contributed by atoms with Gasteiger partial charge in [-0.3, -0.25) is 15.1 Å². The third kappa shape index (κ3) is 1.78. The summed E-state index contributed by atoms with van der Waals surface area (Å²) in [4.78, 5) is 15.3. The maximum absolute atomic E-state index is 12.3. The summed E-state index contributed by atoms with van der Waals surface area (Å²) in [5.41, 5.74) is 1.71. The average Bonchev–Trinajstić information content (AvgIpc) is 2.71. The molecule has 2 aromatic carbocycles. The molecule has 0 bridgehead atoms. The zero-order chi connectivity index (χ0) is 14.1. The third-order valence-electron chi connectivity index (χ3n) is 3.17. The summed E-state index contributed by atoms with van der Waals surface area (Å²) < 4.78 is 0. The Morgan fingerprint density at radius 2 is 1.25 bits per heavy atom. The zero-order valence-corrected chi connectivity index (χ0v) is 10.8. The first-order valence-electron chi connectivity index (χ1n) is 6.22. The predicted molar refractivity (Wildman–Crippen MR) is 79.7 cm³/mol. The van der Waals surface area contributed by atoms with Crippen LogP contribution in [0.3, 0.4) is 0 Å². The lowest BCUT2D eigenvalue weighted by Crippen LogP contribution is -2.33. The van der Waals surface area contributed by atoms with Crippen LogP contribution in [-0.2, 0) is 4.79 Å². The lowest BCUT2D eigenvalue weighted by molar-refractivity contribution is -0.113. The summed E-state index contributed by atoms with van der Waals surface area (Å²) in [5.74, 6) is -0.178. The molecule has 1 saturated heterocycles. The second kappa shape index (κ2) is 4.66. The van der Waals surface area contributed by atoms with E-state index in [0.717, 1.165) is 5.69 Å². The molecular formula is C16H13N3O. The van der Waals surface area contributed by atoms with Crippen molar-refractivity contribution in [3.8, 4) is 0 Å². The lowest BCUT2D eigenvalue weighted by Gasteiger charge is -2.19. The van der Waals surface area contributed by atoms with Gasteiger partial charge >= 0.3 is 0 Å². The number of hydrogen-bond donors (Lipinski definition) is 1. The molecule has 4 heteroatoms. The minimum absolute atomic E-state index is 0.0948. The Labute approximate surface area is 117 Å². The molecule has 1 fully saturated rings. The Hall–Kier alpha value is -2.88. The molecule has 4 nitrogen and oxygen atoms in total.